The molecule has 206 valence electrons. The SMILES string of the molecule is Cc1ccc(COc2cccc(N(C[C@H](O)C(F)(F)F)Oc3cccc(C(F)(F)C(F)(F)F)c3)c2)cc1C. The smallest absolute Gasteiger partial charge is 0.458 e. The van der Waals surface area contributed by atoms with Crippen molar-refractivity contribution in [2.75, 3.05) is 11.6 Å². The molecule has 0 aliphatic carbocycles. The Morgan fingerprint density at radius 3 is 2.08 bits per heavy atom. The first-order chi connectivity index (χ1) is 17.6. The number of hydroxylamine groups is 1. The summed E-state index contributed by atoms with van der Waals surface area (Å²) in [4.78, 5) is 5.28. The molecule has 0 aliphatic rings. The van der Waals surface area contributed by atoms with E-state index in [0.29, 0.717) is 17.2 Å². The molecule has 1 atom stereocenters. The van der Waals surface area contributed by atoms with E-state index in [-0.39, 0.29) is 18.0 Å². The molecule has 3 aromatic carbocycles. The second-order valence-electron chi connectivity index (χ2n) is 8.51. The Morgan fingerprint density at radius 1 is 0.789 bits per heavy atom. The average molecular weight is 549 g/mol. The van der Waals surface area contributed by atoms with Gasteiger partial charge in [0, 0.05) is 11.6 Å². The van der Waals surface area contributed by atoms with E-state index in [1.807, 2.05) is 32.0 Å². The Bertz CT molecular complexity index is 1240. The monoisotopic (exact) mass is 549 g/mol. The highest BCUT2D eigenvalue weighted by Gasteiger charge is 2.58. The van der Waals surface area contributed by atoms with Crippen LogP contribution in [0.25, 0.3) is 0 Å². The van der Waals surface area contributed by atoms with Gasteiger partial charge >= 0.3 is 18.3 Å². The van der Waals surface area contributed by atoms with Crippen LogP contribution in [0.4, 0.5) is 40.8 Å². The van der Waals surface area contributed by atoms with Crippen molar-refractivity contribution in [3.8, 4) is 11.5 Å². The van der Waals surface area contributed by atoms with Gasteiger partial charge < -0.3 is 14.7 Å². The first-order valence-corrected chi connectivity index (χ1v) is 11.1. The van der Waals surface area contributed by atoms with Gasteiger partial charge in [0.05, 0.1) is 12.2 Å². The lowest BCUT2D eigenvalue weighted by Gasteiger charge is -2.28. The third kappa shape index (κ3) is 7.06. The van der Waals surface area contributed by atoms with Crippen LogP contribution in [0.1, 0.15) is 22.3 Å². The zero-order valence-corrected chi connectivity index (χ0v) is 20.1. The fourth-order valence-corrected chi connectivity index (χ4v) is 3.28. The van der Waals surface area contributed by atoms with E-state index in [9.17, 15) is 40.2 Å². The molecule has 0 radical (unpaired) electrons. The van der Waals surface area contributed by atoms with Crippen molar-refractivity contribution in [1.29, 1.82) is 0 Å². The summed E-state index contributed by atoms with van der Waals surface area (Å²) in [7, 11) is 0. The van der Waals surface area contributed by atoms with Crippen LogP contribution in [-0.2, 0) is 12.5 Å². The zero-order valence-electron chi connectivity index (χ0n) is 20.1. The van der Waals surface area contributed by atoms with E-state index < -0.39 is 42.2 Å². The minimum atomic E-state index is -5.90. The van der Waals surface area contributed by atoms with Gasteiger partial charge in [-0.15, -0.1) is 0 Å². The highest BCUT2D eigenvalue weighted by atomic mass is 19.4. The number of alkyl halides is 8. The van der Waals surface area contributed by atoms with E-state index in [1.54, 1.807) is 0 Å². The van der Waals surface area contributed by atoms with Gasteiger partial charge in [-0.05, 0) is 54.8 Å². The van der Waals surface area contributed by atoms with Crippen molar-refractivity contribution in [3.05, 3.63) is 89.0 Å². The number of benzene rings is 3. The number of rotatable bonds is 9. The summed E-state index contributed by atoms with van der Waals surface area (Å²) in [6.45, 7) is 2.75. The second-order valence-corrected chi connectivity index (χ2v) is 8.51. The van der Waals surface area contributed by atoms with E-state index >= 15 is 0 Å². The quantitative estimate of drug-likeness (QED) is 0.225. The van der Waals surface area contributed by atoms with Gasteiger partial charge in [0.25, 0.3) is 0 Å². The number of hydrogen-bond donors (Lipinski definition) is 1. The maximum Gasteiger partial charge on any atom is 0.458 e. The number of anilines is 1. The fourth-order valence-electron chi connectivity index (χ4n) is 3.28. The molecule has 0 amide bonds. The van der Waals surface area contributed by atoms with Gasteiger partial charge in [-0.25, -0.2) is 5.06 Å². The number of nitrogens with zero attached hydrogens (tertiary/aromatic N) is 1. The maximum absolute atomic E-state index is 13.8. The lowest BCUT2D eigenvalue weighted by Crippen LogP contribution is -2.42. The number of aliphatic hydroxyl groups is 1. The van der Waals surface area contributed by atoms with E-state index in [4.69, 9.17) is 9.57 Å². The molecule has 0 unspecified atom stereocenters. The Morgan fingerprint density at radius 2 is 1.45 bits per heavy atom. The molecule has 0 saturated heterocycles. The van der Waals surface area contributed by atoms with Gasteiger partial charge in [-0.3, -0.25) is 0 Å². The van der Waals surface area contributed by atoms with Crippen LogP contribution < -0.4 is 14.6 Å². The highest BCUT2D eigenvalue weighted by molar-refractivity contribution is 5.50. The lowest BCUT2D eigenvalue weighted by molar-refractivity contribution is -0.289. The third-order valence-corrected chi connectivity index (χ3v) is 5.57. The normalized spacial score (nSPS) is 13.2. The van der Waals surface area contributed by atoms with E-state index in [0.717, 1.165) is 28.8 Å². The fraction of sp³-hybridized carbons (Fsp3) is 0.308. The van der Waals surface area contributed by atoms with Crippen LogP contribution in [-0.4, -0.2) is 30.1 Å². The van der Waals surface area contributed by atoms with Crippen LogP contribution >= 0.6 is 0 Å². The summed E-state index contributed by atoms with van der Waals surface area (Å²) in [6.07, 6.45) is -13.9. The molecule has 4 nitrogen and oxygen atoms in total. The minimum Gasteiger partial charge on any atom is -0.489 e. The van der Waals surface area contributed by atoms with Crippen LogP contribution in [0.5, 0.6) is 11.5 Å². The molecule has 1 N–H and O–H groups in total. The topological polar surface area (TPSA) is 41.9 Å². The van der Waals surface area contributed by atoms with Crippen molar-refractivity contribution in [3.63, 3.8) is 0 Å². The Hall–Kier alpha value is -3.54. The van der Waals surface area contributed by atoms with Crippen molar-refractivity contribution in [2.45, 2.75) is 44.8 Å². The van der Waals surface area contributed by atoms with Crippen molar-refractivity contribution in [1.82, 2.24) is 0 Å². The van der Waals surface area contributed by atoms with Gasteiger partial charge in [0.2, 0.25) is 0 Å². The summed E-state index contributed by atoms with van der Waals surface area (Å²) >= 11 is 0. The molecule has 0 saturated carbocycles. The highest BCUT2D eigenvalue weighted by Crippen LogP contribution is 2.44. The van der Waals surface area contributed by atoms with Crippen LogP contribution in [0.3, 0.4) is 0 Å². The minimum absolute atomic E-state index is 0.0844. The van der Waals surface area contributed by atoms with Gasteiger partial charge in [0.15, 0.2) is 11.9 Å². The molecule has 12 heteroatoms. The molecule has 0 aromatic heterocycles. The Labute approximate surface area is 213 Å². The van der Waals surface area contributed by atoms with E-state index in [2.05, 4.69) is 0 Å². The second kappa shape index (κ2) is 11.1. The predicted molar refractivity (Wildman–Crippen MR) is 123 cm³/mol. The third-order valence-electron chi connectivity index (χ3n) is 5.57. The van der Waals surface area contributed by atoms with Crippen molar-refractivity contribution < 1.29 is 49.8 Å². The van der Waals surface area contributed by atoms with E-state index in [1.165, 1.54) is 24.3 Å². The largest absolute Gasteiger partial charge is 0.489 e. The molecule has 0 heterocycles. The van der Waals surface area contributed by atoms with Gasteiger partial charge in [0.1, 0.15) is 12.4 Å². The van der Waals surface area contributed by atoms with Crippen molar-refractivity contribution >= 4 is 5.69 Å². The molecule has 0 bridgehead atoms. The van der Waals surface area contributed by atoms with Crippen LogP contribution in [0.15, 0.2) is 66.7 Å². The summed E-state index contributed by atoms with van der Waals surface area (Å²) in [5, 5.41) is 10.1. The number of aryl methyl sites for hydroxylation is 2. The summed E-state index contributed by atoms with van der Waals surface area (Å²) in [6, 6.07) is 13.8. The maximum atomic E-state index is 13.8. The van der Waals surface area contributed by atoms with Crippen LogP contribution in [0.2, 0.25) is 0 Å². The zero-order chi connectivity index (χ0) is 28.3. The Balaban J connectivity index is 1.88. The van der Waals surface area contributed by atoms with Gasteiger partial charge in [-0.2, -0.15) is 35.1 Å². The summed E-state index contributed by atoms with van der Waals surface area (Å²) < 4.78 is 111. The van der Waals surface area contributed by atoms with Gasteiger partial charge in [-0.1, -0.05) is 36.4 Å². The standard InChI is InChI=1S/C26H23F8NO3/c1-16-9-10-18(11-17(16)2)15-37-21-7-4-6-20(13-21)35(14-23(36)25(29,30)31)38-22-8-3-5-19(12-22)24(27,28)26(32,33)34/h3-13,23,36H,14-15H2,1-2H3/t23-/m0/s1. The summed E-state index contributed by atoms with van der Waals surface area (Å²) in [5.41, 5.74) is 1.37. The molecule has 0 aliphatic heterocycles. The van der Waals surface area contributed by atoms with Crippen LogP contribution in [0, 0.1) is 13.8 Å². The molecule has 38 heavy (non-hydrogen) atoms. The number of hydrogen-bond acceptors (Lipinski definition) is 4. The first-order valence-electron chi connectivity index (χ1n) is 11.1. The molecule has 3 rings (SSSR count). The number of ether oxygens (including phenoxy) is 1. The number of aliphatic hydroxyl groups excluding tert-OH is 1. The molecule has 0 spiro atoms. The van der Waals surface area contributed by atoms with Crippen molar-refractivity contribution in [2.24, 2.45) is 0 Å². The first kappa shape index (κ1) is 29.0. The summed E-state index contributed by atoms with van der Waals surface area (Å²) in [5.74, 6) is -5.64. The lowest BCUT2D eigenvalue weighted by atomic mass is 10.1. The molecular weight excluding hydrogens is 526 g/mol. The molecule has 0 fully saturated rings. The molecule has 3 aromatic rings. The Kier molecular flexibility index (Phi) is 8.45. The molecular formula is C26H23F8NO3. The average Bonchev–Trinajstić information content (AvgIpc) is 2.83. The number of halogens is 8. The predicted octanol–water partition coefficient (Wildman–Crippen LogP) is 7.26.